The molecular weight excluding hydrogens is 256 g/mol. The SMILES string of the molecule is COC(=O)c1cccc2oc3cc(C)ccc3c(=O)c12. The molecule has 0 aliphatic heterocycles. The summed E-state index contributed by atoms with van der Waals surface area (Å²) >= 11 is 0. The average Bonchev–Trinajstić information content (AvgIpc) is 2.45. The van der Waals surface area contributed by atoms with Gasteiger partial charge in [-0.1, -0.05) is 12.1 Å². The summed E-state index contributed by atoms with van der Waals surface area (Å²) in [7, 11) is 1.28. The van der Waals surface area contributed by atoms with Crippen molar-refractivity contribution in [2.24, 2.45) is 0 Å². The molecule has 0 saturated heterocycles. The number of hydrogen-bond acceptors (Lipinski definition) is 4. The number of benzene rings is 2. The molecule has 0 atom stereocenters. The summed E-state index contributed by atoms with van der Waals surface area (Å²) in [6.07, 6.45) is 0. The van der Waals surface area contributed by atoms with Crippen molar-refractivity contribution in [3.8, 4) is 0 Å². The van der Waals surface area contributed by atoms with E-state index in [1.807, 2.05) is 13.0 Å². The Balaban J connectivity index is 2.51. The lowest BCUT2D eigenvalue weighted by atomic mass is 10.1. The Labute approximate surface area is 114 Å². The van der Waals surface area contributed by atoms with Crippen LogP contribution in [0.2, 0.25) is 0 Å². The Kier molecular flexibility index (Phi) is 2.79. The maximum atomic E-state index is 12.6. The average molecular weight is 268 g/mol. The molecule has 0 aliphatic carbocycles. The summed E-state index contributed by atoms with van der Waals surface area (Å²) in [4.78, 5) is 24.3. The first-order valence-corrected chi connectivity index (χ1v) is 6.16. The van der Waals surface area contributed by atoms with E-state index in [2.05, 4.69) is 0 Å². The summed E-state index contributed by atoms with van der Waals surface area (Å²) in [5.41, 5.74) is 1.91. The van der Waals surface area contributed by atoms with Gasteiger partial charge < -0.3 is 9.15 Å². The second kappa shape index (κ2) is 4.49. The quantitative estimate of drug-likeness (QED) is 0.503. The summed E-state index contributed by atoms with van der Waals surface area (Å²) in [6.45, 7) is 1.93. The number of ether oxygens (including phenoxy) is 1. The largest absolute Gasteiger partial charge is 0.465 e. The van der Waals surface area contributed by atoms with E-state index >= 15 is 0 Å². The predicted octanol–water partition coefficient (Wildman–Crippen LogP) is 3.04. The number of carbonyl (C=O) groups excluding carboxylic acids is 1. The number of aryl methyl sites for hydroxylation is 1. The first-order valence-electron chi connectivity index (χ1n) is 6.16. The fourth-order valence-corrected chi connectivity index (χ4v) is 2.29. The number of carbonyl (C=O) groups is 1. The Morgan fingerprint density at radius 1 is 1.15 bits per heavy atom. The van der Waals surface area contributed by atoms with Crippen molar-refractivity contribution in [1.82, 2.24) is 0 Å². The number of methoxy groups -OCH3 is 1. The zero-order valence-corrected chi connectivity index (χ0v) is 11.1. The minimum Gasteiger partial charge on any atom is -0.465 e. The molecule has 4 heteroatoms. The van der Waals surface area contributed by atoms with E-state index in [1.54, 1.807) is 30.3 Å². The van der Waals surface area contributed by atoms with Crippen molar-refractivity contribution in [2.75, 3.05) is 7.11 Å². The van der Waals surface area contributed by atoms with Gasteiger partial charge in [0.1, 0.15) is 11.2 Å². The van der Waals surface area contributed by atoms with Crippen LogP contribution in [0.5, 0.6) is 0 Å². The molecule has 0 fully saturated rings. The monoisotopic (exact) mass is 268 g/mol. The van der Waals surface area contributed by atoms with E-state index in [4.69, 9.17) is 9.15 Å². The molecule has 2 aromatic carbocycles. The van der Waals surface area contributed by atoms with Crippen molar-refractivity contribution in [3.63, 3.8) is 0 Å². The zero-order chi connectivity index (χ0) is 14.3. The van der Waals surface area contributed by atoms with Crippen LogP contribution in [0.3, 0.4) is 0 Å². The van der Waals surface area contributed by atoms with Gasteiger partial charge in [-0.3, -0.25) is 4.79 Å². The first kappa shape index (κ1) is 12.4. The van der Waals surface area contributed by atoms with Crippen LogP contribution in [-0.2, 0) is 4.74 Å². The Morgan fingerprint density at radius 3 is 2.70 bits per heavy atom. The second-order valence-corrected chi connectivity index (χ2v) is 4.60. The lowest BCUT2D eigenvalue weighted by molar-refractivity contribution is 0.0603. The van der Waals surface area contributed by atoms with Crippen LogP contribution in [-0.4, -0.2) is 13.1 Å². The minimum atomic E-state index is -0.547. The molecule has 0 N–H and O–H groups in total. The summed E-state index contributed by atoms with van der Waals surface area (Å²) in [5, 5.41) is 0.718. The van der Waals surface area contributed by atoms with Crippen molar-refractivity contribution in [3.05, 3.63) is 57.7 Å². The van der Waals surface area contributed by atoms with Gasteiger partial charge in [0.05, 0.1) is 23.4 Å². The third-order valence-corrected chi connectivity index (χ3v) is 3.26. The molecule has 1 heterocycles. The molecule has 0 saturated carbocycles. The van der Waals surface area contributed by atoms with Gasteiger partial charge in [-0.25, -0.2) is 4.79 Å². The fraction of sp³-hybridized carbons (Fsp3) is 0.125. The smallest absolute Gasteiger partial charge is 0.338 e. The normalized spacial score (nSPS) is 10.9. The topological polar surface area (TPSA) is 56.5 Å². The second-order valence-electron chi connectivity index (χ2n) is 4.60. The number of rotatable bonds is 1. The van der Waals surface area contributed by atoms with Gasteiger partial charge in [0.15, 0.2) is 0 Å². The molecule has 0 unspecified atom stereocenters. The van der Waals surface area contributed by atoms with E-state index in [1.165, 1.54) is 7.11 Å². The third kappa shape index (κ3) is 1.77. The van der Waals surface area contributed by atoms with Crippen LogP contribution in [0.4, 0.5) is 0 Å². The molecule has 0 radical (unpaired) electrons. The Bertz CT molecular complexity index is 890. The van der Waals surface area contributed by atoms with Gasteiger partial charge in [-0.2, -0.15) is 0 Å². The standard InChI is InChI=1S/C16H12O4/c1-9-6-7-10-13(8-9)20-12-5-3-4-11(16(18)19-2)14(12)15(10)17/h3-8H,1-2H3. The molecule has 3 aromatic rings. The van der Waals surface area contributed by atoms with Crippen molar-refractivity contribution < 1.29 is 13.9 Å². The summed E-state index contributed by atoms with van der Waals surface area (Å²) in [5.74, 6) is -0.547. The molecule has 0 aliphatic rings. The first-order chi connectivity index (χ1) is 9.61. The lowest BCUT2D eigenvalue weighted by Crippen LogP contribution is -2.10. The molecule has 100 valence electrons. The maximum absolute atomic E-state index is 12.6. The van der Waals surface area contributed by atoms with Crippen LogP contribution in [0.25, 0.3) is 21.9 Å². The number of fused-ring (bicyclic) bond motifs is 2. The van der Waals surface area contributed by atoms with E-state index in [9.17, 15) is 9.59 Å². The van der Waals surface area contributed by atoms with Gasteiger partial charge in [-0.15, -0.1) is 0 Å². The van der Waals surface area contributed by atoms with Crippen LogP contribution < -0.4 is 5.43 Å². The highest BCUT2D eigenvalue weighted by molar-refractivity contribution is 6.05. The molecular formula is C16H12O4. The summed E-state index contributed by atoms with van der Waals surface area (Å²) < 4.78 is 10.4. The number of esters is 1. The third-order valence-electron chi connectivity index (χ3n) is 3.26. The van der Waals surface area contributed by atoms with Crippen molar-refractivity contribution >= 4 is 27.9 Å². The van der Waals surface area contributed by atoms with E-state index in [0.29, 0.717) is 16.6 Å². The molecule has 0 bridgehead atoms. The lowest BCUT2D eigenvalue weighted by Gasteiger charge is -2.06. The van der Waals surface area contributed by atoms with E-state index in [0.717, 1.165) is 5.56 Å². The van der Waals surface area contributed by atoms with E-state index in [-0.39, 0.29) is 16.4 Å². The Morgan fingerprint density at radius 2 is 1.95 bits per heavy atom. The fourth-order valence-electron chi connectivity index (χ4n) is 2.29. The van der Waals surface area contributed by atoms with Crippen LogP contribution in [0.1, 0.15) is 15.9 Å². The van der Waals surface area contributed by atoms with Crippen LogP contribution >= 0.6 is 0 Å². The molecule has 4 nitrogen and oxygen atoms in total. The molecule has 0 amide bonds. The van der Waals surface area contributed by atoms with Gasteiger partial charge >= 0.3 is 5.97 Å². The minimum absolute atomic E-state index is 0.220. The van der Waals surface area contributed by atoms with Gasteiger partial charge in [0.25, 0.3) is 0 Å². The van der Waals surface area contributed by atoms with Crippen LogP contribution in [0.15, 0.2) is 45.6 Å². The molecule has 0 spiro atoms. The maximum Gasteiger partial charge on any atom is 0.338 e. The van der Waals surface area contributed by atoms with E-state index < -0.39 is 5.97 Å². The zero-order valence-electron chi connectivity index (χ0n) is 11.1. The highest BCUT2D eigenvalue weighted by Crippen LogP contribution is 2.22. The summed E-state index contributed by atoms with van der Waals surface area (Å²) in [6, 6.07) is 10.3. The van der Waals surface area contributed by atoms with Gasteiger partial charge in [-0.05, 0) is 36.8 Å². The predicted molar refractivity (Wildman–Crippen MR) is 76.1 cm³/mol. The Hall–Kier alpha value is -2.62. The van der Waals surface area contributed by atoms with Crippen LogP contribution in [0, 0.1) is 6.92 Å². The molecule has 3 rings (SSSR count). The molecule has 20 heavy (non-hydrogen) atoms. The molecule has 1 aromatic heterocycles. The highest BCUT2D eigenvalue weighted by atomic mass is 16.5. The van der Waals surface area contributed by atoms with Crippen molar-refractivity contribution in [1.29, 1.82) is 0 Å². The van der Waals surface area contributed by atoms with Gasteiger partial charge in [0, 0.05) is 0 Å². The van der Waals surface area contributed by atoms with Crippen molar-refractivity contribution in [2.45, 2.75) is 6.92 Å². The number of hydrogen-bond donors (Lipinski definition) is 0. The highest BCUT2D eigenvalue weighted by Gasteiger charge is 2.16. The van der Waals surface area contributed by atoms with Gasteiger partial charge in [0.2, 0.25) is 5.43 Å².